The van der Waals surface area contributed by atoms with E-state index in [9.17, 15) is 9.59 Å². The predicted octanol–water partition coefficient (Wildman–Crippen LogP) is 4.48. The van der Waals surface area contributed by atoms with Crippen molar-refractivity contribution in [2.24, 2.45) is 0 Å². The lowest BCUT2D eigenvalue weighted by atomic mass is 9.99. The number of H-pyrrole nitrogens is 1. The molecule has 1 amide bonds. The van der Waals surface area contributed by atoms with Crippen LogP contribution in [0.5, 0.6) is 0 Å². The maximum atomic E-state index is 12.7. The van der Waals surface area contributed by atoms with Gasteiger partial charge in [0.1, 0.15) is 0 Å². The summed E-state index contributed by atoms with van der Waals surface area (Å²) in [5.74, 6) is -0.125. The van der Waals surface area contributed by atoms with E-state index in [0.717, 1.165) is 16.3 Å². The number of carbonyl (C=O) groups is 1. The fourth-order valence-electron chi connectivity index (χ4n) is 3.63. The number of fused-ring (bicyclic) bond motifs is 2. The van der Waals surface area contributed by atoms with E-state index in [0.29, 0.717) is 15.7 Å². The van der Waals surface area contributed by atoms with Crippen molar-refractivity contribution >= 4 is 39.8 Å². The first kappa shape index (κ1) is 19.1. The van der Waals surface area contributed by atoms with Crippen LogP contribution in [0.2, 0.25) is 0 Å². The van der Waals surface area contributed by atoms with Gasteiger partial charge in [0.25, 0.3) is 5.56 Å². The van der Waals surface area contributed by atoms with Crippen molar-refractivity contribution in [1.29, 1.82) is 0 Å². The molecule has 2 N–H and O–H groups in total. The second-order valence-corrected chi connectivity index (χ2v) is 7.43. The summed E-state index contributed by atoms with van der Waals surface area (Å²) in [6.45, 7) is 2.20. The number of para-hydroxylation sites is 1. The van der Waals surface area contributed by atoms with Gasteiger partial charge in [-0.3, -0.25) is 14.2 Å². The first-order chi connectivity index (χ1) is 14.0. The van der Waals surface area contributed by atoms with Crippen molar-refractivity contribution in [1.82, 2.24) is 14.9 Å². The van der Waals surface area contributed by atoms with Crippen molar-refractivity contribution in [3.8, 4) is 0 Å². The van der Waals surface area contributed by atoms with E-state index < -0.39 is 0 Å². The second kappa shape index (κ2) is 8.01. The Kier molecular flexibility index (Phi) is 5.27. The van der Waals surface area contributed by atoms with Crippen LogP contribution < -0.4 is 10.9 Å². The van der Waals surface area contributed by atoms with E-state index in [-0.39, 0.29) is 30.5 Å². The fourth-order valence-corrected chi connectivity index (χ4v) is 3.92. The van der Waals surface area contributed by atoms with Crippen molar-refractivity contribution in [2.75, 3.05) is 0 Å². The number of aromatic nitrogens is 2. The third kappa shape index (κ3) is 3.84. The molecule has 0 aliphatic rings. The van der Waals surface area contributed by atoms with Crippen LogP contribution in [0, 0.1) is 4.77 Å². The molecule has 5 nitrogen and oxygen atoms in total. The largest absolute Gasteiger partial charge is 0.350 e. The molecule has 0 saturated heterocycles. The molecule has 4 aromatic rings. The normalized spacial score (nSPS) is 12.2. The number of benzene rings is 3. The predicted molar refractivity (Wildman–Crippen MR) is 119 cm³/mol. The summed E-state index contributed by atoms with van der Waals surface area (Å²) >= 11 is 5.31. The van der Waals surface area contributed by atoms with Crippen LogP contribution in [0.3, 0.4) is 0 Å². The Morgan fingerprint density at radius 1 is 1.03 bits per heavy atom. The molecular weight excluding hydrogens is 382 g/mol. The molecule has 0 aliphatic carbocycles. The summed E-state index contributed by atoms with van der Waals surface area (Å²) in [6, 6.07) is 21.3. The van der Waals surface area contributed by atoms with Gasteiger partial charge in [0, 0.05) is 13.0 Å². The van der Waals surface area contributed by atoms with Crippen molar-refractivity contribution < 1.29 is 4.79 Å². The zero-order chi connectivity index (χ0) is 20.4. The summed E-state index contributed by atoms with van der Waals surface area (Å²) < 4.78 is 1.77. The highest BCUT2D eigenvalue weighted by Gasteiger charge is 2.13. The van der Waals surface area contributed by atoms with Crippen molar-refractivity contribution in [2.45, 2.75) is 25.9 Å². The molecule has 4 rings (SSSR count). The summed E-state index contributed by atoms with van der Waals surface area (Å²) in [5, 5.41) is 5.86. The van der Waals surface area contributed by atoms with Crippen LogP contribution in [0.1, 0.15) is 24.9 Å². The van der Waals surface area contributed by atoms with Crippen LogP contribution in [0.15, 0.2) is 71.5 Å². The summed E-state index contributed by atoms with van der Waals surface area (Å²) in [4.78, 5) is 28.3. The molecule has 1 aromatic heterocycles. The highest BCUT2D eigenvalue weighted by atomic mass is 32.1. The average molecular weight is 404 g/mol. The third-order valence-corrected chi connectivity index (χ3v) is 5.44. The van der Waals surface area contributed by atoms with Gasteiger partial charge in [0.05, 0.1) is 16.9 Å². The summed E-state index contributed by atoms with van der Waals surface area (Å²) in [7, 11) is 0. The zero-order valence-electron chi connectivity index (χ0n) is 16.0. The van der Waals surface area contributed by atoms with Crippen LogP contribution in [0.25, 0.3) is 21.7 Å². The molecule has 0 fully saturated rings. The minimum atomic E-state index is -0.181. The molecular formula is C23H21N3O2S. The first-order valence-electron chi connectivity index (χ1n) is 9.53. The van der Waals surface area contributed by atoms with Gasteiger partial charge < -0.3 is 10.3 Å². The van der Waals surface area contributed by atoms with Gasteiger partial charge in [0.2, 0.25) is 5.91 Å². The smallest absolute Gasteiger partial charge is 0.262 e. The SMILES string of the molecule is CC(NC(=O)CCn1c(=S)[nH]c2ccccc2c1=O)c1cccc2ccccc12. The molecule has 146 valence electrons. The Hall–Kier alpha value is -3.25. The maximum Gasteiger partial charge on any atom is 0.262 e. The number of hydrogen-bond acceptors (Lipinski definition) is 3. The topological polar surface area (TPSA) is 66.9 Å². The Morgan fingerprint density at radius 3 is 2.55 bits per heavy atom. The molecule has 0 saturated carbocycles. The number of nitrogens with one attached hydrogen (secondary N) is 2. The molecule has 0 bridgehead atoms. The molecule has 1 unspecified atom stereocenters. The quantitative estimate of drug-likeness (QED) is 0.483. The highest BCUT2D eigenvalue weighted by molar-refractivity contribution is 7.71. The first-order valence-corrected chi connectivity index (χ1v) is 9.94. The lowest BCUT2D eigenvalue weighted by Crippen LogP contribution is -2.30. The maximum absolute atomic E-state index is 12.7. The summed E-state index contributed by atoms with van der Waals surface area (Å²) in [6.07, 6.45) is 0.171. The molecule has 29 heavy (non-hydrogen) atoms. The van der Waals surface area contributed by atoms with Crippen molar-refractivity contribution in [3.05, 3.63) is 87.4 Å². The molecule has 0 spiro atoms. The molecule has 3 aromatic carbocycles. The van der Waals surface area contributed by atoms with Gasteiger partial charge in [0.15, 0.2) is 4.77 Å². The molecule has 0 radical (unpaired) electrons. The van der Waals surface area contributed by atoms with Crippen LogP contribution in [-0.4, -0.2) is 15.5 Å². The van der Waals surface area contributed by atoms with Gasteiger partial charge in [-0.1, -0.05) is 54.6 Å². The van der Waals surface area contributed by atoms with E-state index in [4.69, 9.17) is 12.2 Å². The number of hydrogen-bond donors (Lipinski definition) is 2. The molecule has 1 atom stereocenters. The van der Waals surface area contributed by atoms with E-state index >= 15 is 0 Å². The van der Waals surface area contributed by atoms with Crippen LogP contribution in [-0.2, 0) is 11.3 Å². The van der Waals surface area contributed by atoms with Gasteiger partial charge in [-0.15, -0.1) is 0 Å². The van der Waals surface area contributed by atoms with Gasteiger partial charge >= 0.3 is 0 Å². The Morgan fingerprint density at radius 2 is 1.72 bits per heavy atom. The Bertz CT molecular complexity index is 1320. The number of amides is 1. The average Bonchev–Trinajstić information content (AvgIpc) is 2.73. The minimum absolute atomic E-state index is 0.125. The lowest BCUT2D eigenvalue weighted by molar-refractivity contribution is -0.121. The van der Waals surface area contributed by atoms with Crippen LogP contribution in [0.4, 0.5) is 0 Å². The second-order valence-electron chi connectivity index (χ2n) is 7.04. The standard InChI is InChI=1S/C23H21N3O2S/c1-15(17-11-6-8-16-7-2-3-9-18(16)17)24-21(27)13-14-26-22(28)19-10-4-5-12-20(19)25-23(26)29/h2-12,15H,13-14H2,1H3,(H,24,27)(H,25,29). The zero-order valence-corrected chi connectivity index (χ0v) is 16.8. The van der Waals surface area contributed by atoms with E-state index in [2.05, 4.69) is 28.5 Å². The highest BCUT2D eigenvalue weighted by Crippen LogP contribution is 2.24. The third-order valence-electron chi connectivity index (χ3n) is 5.12. The lowest BCUT2D eigenvalue weighted by Gasteiger charge is -2.17. The number of carbonyl (C=O) groups excluding carboxylic acids is 1. The van der Waals surface area contributed by atoms with Crippen molar-refractivity contribution in [3.63, 3.8) is 0 Å². The van der Waals surface area contributed by atoms with E-state index in [1.165, 1.54) is 4.57 Å². The fraction of sp³-hybridized carbons (Fsp3) is 0.174. The van der Waals surface area contributed by atoms with E-state index in [1.807, 2.05) is 49.4 Å². The number of rotatable bonds is 5. The Balaban J connectivity index is 1.50. The molecule has 6 heteroatoms. The molecule has 0 aliphatic heterocycles. The van der Waals surface area contributed by atoms with Gasteiger partial charge in [-0.2, -0.15) is 0 Å². The van der Waals surface area contributed by atoms with Crippen LogP contribution >= 0.6 is 12.2 Å². The summed E-state index contributed by atoms with van der Waals surface area (Å²) in [5.41, 5.74) is 1.59. The monoisotopic (exact) mass is 403 g/mol. The number of aromatic amines is 1. The number of nitrogens with zero attached hydrogens (tertiary/aromatic N) is 1. The molecule has 1 heterocycles. The van der Waals surface area contributed by atoms with Gasteiger partial charge in [-0.05, 0) is 47.6 Å². The van der Waals surface area contributed by atoms with E-state index in [1.54, 1.807) is 6.07 Å². The minimum Gasteiger partial charge on any atom is -0.350 e. The van der Waals surface area contributed by atoms with Gasteiger partial charge in [-0.25, -0.2) is 0 Å². The Labute approximate surface area is 173 Å².